The number of hydrogen-bond donors (Lipinski definition) is 2. The van der Waals surface area contributed by atoms with Crippen molar-refractivity contribution < 1.29 is 14.0 Å². The lowest BCUT2D eigenvalue weighted by Gasteiger charge is -2.34. The van der Waals surface area contributed by atoms with Crippen LogP contribution < -0.4 is 10.6 Å². The van der Waals surface area contributed by atoms with E-state index in [1.54, 1.807) is 6.07 Å². The Morgan fingerprint density at radius 2 is 2.15 bits per heavy atom. The third kappa shape index (κ3) is 3.26. The summed E-state index contributed by atoms with van der Waals surface area (Å²) in [5, 5.41) is 6.00. The second kappa shape index (κ2) is 6.20. The van der Waals surface area contributed by atoms with Crippen LogP contribution in [0, 0.1) is 12.3 Å². The van der Waals surface area contributed by atoms with E-state index >= 15 is 0 Å². The van der Waals surface area contributed by atoms with Crippen LogP contribution in [0.25, 0.3) is 0 Å². The number of carbonyl (C=O) groups is 2. The molecule has 0 bridgehead atoms. The fourth-order valence-corrected chi connectivity index (χ4v) is 4.57. The number of rotatable bonds is 2. The van der Waals surface area contributed by atoms with E-state index in [0.29, 0.717) is 17.0 Å². The molecule has 2 aliphatic rings. The van der Waals surface area contributed by atoms with Gasteiger partial charge in [-0.3, -0.25) is 9.59 Å². The highest BCUT2D eigenvalue weighted by atomic mass is 32.2. The Morgan fingerprint density at radius 1 is 1.35 bits per heavy atom. The molecule has 26 heavy (non-hydrogen) atoms. The zero-order valence-electron chi connectivity index (χ0n) is 15.1. The fourth-order valence-electron chi connectivity index (χ4n) is 3.78. The van der Waals surface area contributed by atoms with Crippen molar-refractivity contribution in [3.8, 4) is 0 Å². The number of nitrogens with one attached hydrogen (secondary N) is 2. The Kier molecular flexibility index (Phi) is 4.10. The van der Waals surface area contributed by atoms with E-state index in [2.05, 4.69) is 24.5 Å². The maximum atomic E-state index is 12.8. The van der Waals surface area contributed by atoms with Crippen LogP contribution in [0.3, 0.4) is 0 Å². The number of amides is 2. The lowest BCUT2D eigenvalue weighted by molar-refractivity contribution is -0.113. The second-order valence-corrected chi connectivity index (χ2v) is 8.87. The van der Waals surface area contributed by atoms with Crippen LogP contribution in [0.2, 0.25) is 0 Å². The quantitative estimate of drug-likeness (QED) is 0.836. The summed E-state index contributed by atoms with van der Waals surface area (Å²) >= 11 is 1.49. The van der Waals surface area contributed by atoms with Crippen LogP contribution in [0.1, 0.15) is 53.8 Å². The summed E-state index contributed by atoms with van der Waals surface area (Å²) in [7, 11) is 0. The lowest BCUT2D eigenvalue weighted by Crippen LogP contribution is -2.36. The number of hydrogen-bond acceptors (Lipinski definition) is 4. The Labute approximate surface area is 156 Å². The summed E-state index contributed by atoms with van der Waals surface area (Å²) in [6.45, 7) is 6.32. The monoisotopic (exact) mass is 370 g/mol. The molecule has 1 aromatic carbocycles. The molecule has 4 rings (SSSR count). The molecule has 6 heteroatoms. The molecular formula is C20H22N2O3S. The maximum Gasteiger partial charge on any atom is 0.251 e. The summed E-state index contributed by atoms with van der Waals surface area (Å²) in [6.07, 6.45) is 1.74. The van der Waals surface area contributed by atoms with Crippen LogP contribution in [0.5, 0.6) is 0 Å². The Bertz CT molecular complexity index is 900. The summed E-state index contributed by atoms with van der Waals surface area (Å²) in [4.78, 5) is 25.4. The van der Waals surface area contributed by atoms with Gasteiger partial charge in [-0.25, -0.2) is 0 Å². The van der Waals surface area contributed by atoms with Gasteiger partial charge in [0.1, 0.15) is 11.5 Å². The SMILES string of the molecule is Cc1cc2c(o1)CC(C)(C)C[C@@H]2NC(=O)c1ccc2c(c1)NC(=O)CS2. The highest BCUT2D eigenvalue weighted by Gasteiger charge is 2.35. The van der Waals surface area contributed by atoms with Gasteiger partial charge in [0, 0.05) is 22.4 Å². The number of thioether (sulfide) groups is 1. The molecule has 1 aromatic heterocycles. The molecule has 2 amide bonds. The molecule has 2 aromatic rings. The molecule has 1 atom stereocenters. The molecular weight excluding hydrogens is 348 g/mol. The van der Waals surface area contributed by atoms with Gasteiger partial charge in [0.2, 0.25) is 5.91 Å². The molecule has 136 valence electrons. The normalized spacial score (nSPS) is 20.7. The van der Waals surface area contributed by atoms with Gasteiger partial charge < -0.3 is 15.1 Å². The van der Waals surface area contributed by atoms with Crippen molar-refractivity contribution in [1.82, 2.24) is 5.32 Å². The molecule has 0 fully saturated rings. The third-order valence-corrected chi connectivity index (χ3v) is 5.99. The number of carbonyl (C=O) groups excluding carboxylic acids is 2. The van der Waals surface area contributed by atoms with E-state index in [0.717, 1.165) is 34.8 Å². The van der Waals surface area contributed by atoms with Crippen molar-refractivity contribution in [3.63, 3.8) is 0 Å². The maximum absolute atomic E-state index is 12.8. The van der Waals surface area contributed by atoms with Gasteiger partial charge in [-0.15, -0.1) is 11.8 Å². The molecule has 0 saturated heterocycles. The highest BCUT2D eigenvalue weighted by molar-refractivity contribution is 8.00. The molecule has 0 radical (unpaired) electrons. The number of benzene rings is 1. The first-order valence-corrected chi connectivity index (χ1v) is 9.76. The highest BCUT2D eigenvalue weighted by Crippen LogP contribution is 2.42. The number of anilines is 1. The van der Waals surface area contributed by atoms with Gasteiger partial charge in [-0.1, -0.05) is 13.8 Å². The number of aryl methyl sites for hydroxylation is 1. The minimum atomic E-state index is -0.134. The van der Waals surface area contributed by atoms with Crippen molar-refractivity contribution in [2.75, 3.05) is 11.1 Å². The standard InChI is InChI=1S/C20H22N2O3S/c1-11-6-13-15(8-20(2,3)9-16(13)25-11)22-19(24)12-4-5-17-14(7-12)21-18(23)10-26-17/h4-7,15H,8-10H2,1-3H3,(H,21,23)(H,22,24)/t15-/m0/s1. The molecule has 0 unspecified atom stereocenters. The van der Waals surface area contributed by atoms with Gasteiger partial charge in [-0.05, 0) is 43.0 Å². The van der Waals surface area contributed by atoms with E-state index in [-0.39, 0.29) is 23.3 Å². The number of fused-ring (bicyclic) bond motifs is 2. The van der Waals surface area contributed by atoms with Gasteiger partial charge in [0.05, 0.1) is 17.5 Å². The Morgan fingerprint density at radius 3 is 2.96 bits per heavy atom. The smallest absolute Gasteiger partial charge is 0.251 e. The summed E-state index contributed by atoms with van der Waals surface area (Å²) in [5.74, 6) is 2.09. The molecule has 2 heterocycles. The van der Waals surface area contributed by atoms with Gasteiger partial charge in [0.25, 0.3) is 5.91 Å². The predicted octanol–water partition coefficient (Wildman–Crippen LogP) is 4.08. The van der Waals surface area contributed by atoms with Crippen molar-refractivity contribution in [1.29, 1.82) is 0 Å². The zero-order valence-corrected chi connectivity index (χ0v) is 16.0. The van der Waals surface area contributed by atoms with Gasteiger partial charge >= 0.3 is 0 Å². The minimum absolute atomic E-state index is 0.0346. The molecule has 1 aliphatic carbocycles. The van der Waals surface area contributed by atoms with Gasteiger partial charge in [-0.2, -0.15) is 0 Å². The van der Waals surface area contributed by atoms with Crippen molar-refractivity contribution in [2.24, 2.45) is 5.41 Å². The van der Waals surface area contributed by atoms with Crippen LogP contribution in [0.4, 0.5) is 5.69 Å². The largest absolute Gasteiger partial charge is 0.466 e. The topological polar surface area (TPSA) is 71.3 Å². The van der Waals surface area contributed by atoms with E-state index in [1.807, 2.05) is 25.1 Å². The Hall–Kier alpha value is -2.21. The molecule has 0 spiro atoms. The summed E-state index contributed by atoms with van der Waals surface area (Å²) in [5.41, 5.74) is 2.41. The summed E-state index contributed by atoms with van der Waals surface area (Å²) < 4.78 is 5.84. The predicted molar refractivity (Wildman–Crippen MR) is 102 cm³/mol. The lowest BCUT2D eigenvalue weighted by atomic mass is 9.74. The van der Waals surface area contributed by atoms with Crippen molar-refractivity contribution in [3.05, 3.63) is 46.9 Å². The van der Waals surface area contributed by atoms with E-state index in [9.17, 15) is 9.59 Å². The van der Waals surface area contributed by atoms with Crippen LogP contribution in [-0.2, 0) is 11.2 Å². The van der Waals surface area contributed by atoms with Crippen LogP contribution in [-0.4, -0.2) is 17.6 Å². The number of furan rings is 1. The fraction of sp³-hybridized carbons (Fsp3) is 0.400. The van der Waals surface area contributed by atoms with Crippen LogP contribution >= 0.6 is 11.8 Å². The molecule has 0 saturated carbocycles. The average molecular weight is 370 g/mol. The second-order valence-electron chi connectivity index (χ2n) is 7.85. The molecule has 1 aliphatic heterocycles. The third-order valence-electron chi connectivity index (χ3n) is 4.92. The van der Waals surface area contributed by atoms with E-state index in [1.165, 1.54) is 11.8 Å². The van der Waals surface area contributed by atoms with Crippen LogP contribution in [0.15, 0.2) is 33.6 Å². The average Bonchev–Trinajstić information content (AvgIpc) is 2.93. The molecule has 2 N–H and O–H groups in total. The zero-order chi connectivity index (χ0) is 18.5. The first-order chi connectivity index (χ1) is 12.3. The first kappa shape index (κ1) is 17.2. The van der Waals surface area contributed by atoms with E-state index in [4.69, 9.17) is 4.42 Å². The van der Waals surface area contributed by atoms with Crippen molar-refractivity contribution in [2.45, 2.75) is 44.6 Å². The van der Waals surface area contributed by atoms with Crippen molar-refractivity contribution >= 4 is 29.3 Å². The van der Waals surface area contributed by atoms with Gasteiger partial charge in [0.15, 0.2) is 0 Å². The Balaban J connectivity index is 1.58. The van der Waals surface area contributed by atoms with E-state index < -0.39 is 0 Å². The minimum Gasteiger partial charge on any atom is -0.466 e. The summed E-state index contributed by atoms with van der Waals surface area (Å²) in [6, 6.07) is 7.42. The first-order valence-electron chi connectivity index (χ1n) is 8.77. The molecule has 5 nitrogen and oxygen atoms in total.